The first-order valence-corrected chi connectivity index (χ1v) is 6.73. The van der Waals surface area contributed by atoms with Gasteiger partial charge in [-0.1, -0.05) is 6.07 Å². The highest BCUT2D eigenvalue weighted by molar-refractivity contribution is 5.30. The van der Waals surface area contributed by atoms with Crippen molar-refractivity contribution in [2.24, 2.45) is 0 Å². The van der Waals surface area contributed by atoms with Crippen LogP contribution in [0.25, 0.3) is 0 Å². The van der Waals surface area contributed by atoms with Gasteiger partial charge < -0.3 is 14.9 Å². The van der Waals surface area contributed by atoms with Crippen LogP contribution in [0, 0.1) is 0 Å². The van der Waals surface area contributed by atoms with Gasteiger partial charge in [0, 0.05) is 19.6 Å². The van der Waals surface area contributed by atoms with Crippen LogP contribution < -0.4 is 4.74 Å². The van der Waals surface area contributed by atoms with E-state index in [2.05, 4.69) is 0 Å². The molecule has 2 rings (SSSR count). The Balaban J connectivity index is 1.82. The molecule has 0 saturated carbocycles. The van der Waals surface area contributed by atoms with Crippen molar-refractivity contribution in [3.8, 4) is 5.75 Å². The number of aliphatic hydroxyl groups excluding tert-OH is 2. The van der Waals surface area contributed by atoms with Gasteiger partial charge in [-0.2, -0.15) is 13.2 Å². The fourth-order valence-corrected chi connectivity index (χ4v) is 2.28. The number of alkyl halides is 3. The summed E-state index contributed by atoms with van der Waals surface area (Å²) in [6.07, 6.45) is -4.93. The van der Waals surface area contributed by atoms with Gasteiger partial charge in [0.15, 0.2) is 0 Å². The molecule has 2 unspecified atom stereocenters. The summed E-state index contributed by atoms with van der Waals surface area (Å²) in [5, 5.41) is 19.2. The predicted molar refractivity (Wildman–Crippen MR) is 70.0 cm³/mol. The molecule has 0 aliphatic carbocycles. The summed E-state index contributed by atoms with van der Waals surface area (Å²) in [7, 11) is 0. The Labute approximate surface area is 120 Å². The maximum atomic E-state index is 12.5. The quantitative estimate of drug-likeness (QED) is 0.866. The molecule has 1 aliphatic heterocycles. The van der Waals surface area contributed by atoms with Crippen LogP contribution in [0.3, 0.4) is 0 Å². The van der Waals surface area contributed by atoms with Crippen LogP contribution >= 0.6 is 0 Å². The minimum atomic E-state index is -4.41. The molecule has 1 fully saturated rings. The normalized spacial score (nSPS) is 21.5. The van der Waals surface area contributed by atoms with Crippen LogP contribution in [0.4, 0.5) is 13.2 Å². The third-order valence-electron chi connectivity index (χ3n) is 3.32. The minimum Gasteiger partial charge on any atom is -0.491 e. The summed E-state index contributed by atoms with van der Waals surface area (Å²) in [6.45, 7) is 1.44. The van der Waals surface area contributed by atoms with Crippen LogP contribution in [0.1, 0.15) is 12.0 Å². The van der Waals surface area contributed by atoms with Gasteiger partial charge in [0.05, 0.1) is 11.7 Å². The van der Waals surface area contributed by atoms with Gasteiger partial charge >= 0.3 is 6.18 Å². The molecule has 118 valence electrons. The van der Waals surface area contributed by atoms with Crippen molar-refractivity contribution in [2.45, 2.75) is 24.8 Å². The van der Waals surface area contributed by atoms with Crippen molar-refractivity contribution in [1.29, 1.82) is 0 Å². The van der Waals surface area contributed by atoms with Crippen LogP contribution in [0.15, 0.2) is 24.3 Å². The van der Waals surface area contributed by atoms with Crippen molar-refractivity contribution < 1.29 is 28.1 Å². The van der Waals surface area contributed by atoms with E-state index in [-0.39, 0.29) is 18.5 Å². The summed E-state index contributed by atoms with van der Waals surface area (Å²) >= 11 is 0. The van der Waals surface area contributed by atoms with Crippen molar-refractivity contribution in [3.63, 3.8) is 0 Å². The Bertz CT molecular complexity index is 467. The molecule has 2 N–H and O–H groups in total. The summed E-state index contributed by atoms with van der Waals surface area (Å²) in [6, 6.07) is 4.56. The molecule has 4 nitrogen and oxygen atoms in total. The van der Waals surface area contributed by atoms with E-state index in [1.807, 2.05) is 4.90 Å². The Morgan fingerprint density at radius 2 is 2.14 bits per heavy atom. The monoisotopic (exact) mass is 305 g/mol. The summed E-state index contributed by atoms with van der Waals surface area (Å²) in [5.74, 6) is 0.0744. The molecule has 1 aromatic carbocycles. The highest BCUT2D eigenvalue weighted by Gasteiger charge is 2.30. The molecule has 1 heterocycles. The van der Waals surface area contributed by atoms with Crippen molar-refractivity contribution in [3.05, 3.63) is 29.8 Å². The van der Waals surface area contributed by atoms with Crippen LogP contribution in [-0.4, -0.2) is 53.6 Å². The lowest BCUT2D eigenvalue weighted by molar-refractivity contribution is -0.137. The van der Waals surface area contributed by atoms with E-state index in [0.717, 1.165) is 12.1 Å². The van der Waals surface area contributed by atoms with Gasteiger partial charge in [-0.15, -0.1) is 0 Å². The average molecular weight is 305 g/mol. The molecular formula is C14H18F3NO3. The van der Waals surface area contributed by atoms with Gasteiger partial charge in [-0.3, -0.25) is 4.90 Å². The molecule has 0 aromatic heterocycles. The minimum absolute atomic E-state index is 0.0744. The molecule has 7 heteroatoms. The molecule has 1 saturated heterocycles. The number of halogens is 3. The van der Waals surface area contributed by atoms with Crippen molar-refractivity contribution in [1.82, 2.24) is 4.90 Å². The number of nitrogens with zero attached hydrogens (tertiary/aromatic N) is 1. The zero-order chi connectivity index (χ0) is 15.5. The van der Waals surface area contributed by atoms with E-state index in [9.17, 15) is 23.4 Å². The number of hydrogen-bond acceptors (Lipinski definition) is 4. The second kappa shape index (κ2) is 6.64. The lowest BCUT2D eigenvalue weighted by Gasteiger charge is -2.20. The second-order valence-electron chi connectivity index (χ2n) is 5.19. The topological polar surface area (TPSA) is 52.9 Å². The lowest BCUT2D eigenvalue weighted by atomic mass is 10.2. The third kappa shape index (κ3) is 4.87. The molecule has 1 aromatic rings. The molecule has 0 amide bonds. The first-order chi connectivity index (χ1) is 9.84. The molecule has 1 aliphatic rings. The number of likely N-dealkylation sites (tertiary alicyclic amines) is 1. The summed E-state index contributed by atoms with van der Waals surface area (Å²) in [5.41, 5.74) is -0.780. The first-order valence-electron chi connectivity index (χ1n) is 6.73. The third-order valence-corrected chi connectivity index (χ3v) is 3.32. The van der Waals surface area contributed by atoms with Gasteiger partial charge in [-0.05, 0) is 24.6 Å². The Morgan fingerprint density at radius 1 is 1.38 bits per heavy atom. The zero-order valence-electron chi connectivity index (χ0n) is 11.4. The van der Waals surface area contributed by atoms with Crippen molar-refractivity contribution in [2.75, 3.05) is 26.2 Å². The summed E-state index contributed by atoms with van der Waals surface area (Å²) in [4.78, 5) is 1.89. The number of hydrogen-bond donors (Lipinski definition) is 2. The van der Waals surface area contributed by atoms with E-state index < -0.39 is 17.8 Å². The number of rotatable bonds is 5. The fourth-order valence-electron chi connectivity index (χ4n) is 2.28. The van der Waals surface area contributed by atoms with E-state index >= 15 is 0 Å². The zero-order valence-corrected chi connectivity index (χ0v) is 11.4. The summed E-state index contributed by atoms with van der Waals surface area (Å²) < 4.78 is 42.8. The molecule has 0 spiro atoms. The maximum Gasteiger partial charge on any atom is 0.416 e. The van der Waals surface area contributed by atoms with Gasteiger partial charge in [-0.25, -0.2) is 0 Å². The maximum absolute atomic E-state index is 12.5. The highest BCUT2D eigenvalue weighted by atomic mass is 19.4. The van der Waals surface area contributed by atoms with Crippen molar-refractivity contribution >= 4 is 0 Å². The van der Waals surface area contributed by atoms with E-state index in [0.29, 0.717) is 26.1 Å². The Hall–Kier alpha value is -1.31. The molecule has 2 atom stereocenters. The highest BCUT2D eigenvalue weighted by Crippen LogP contribution is 2.31. The fraction of sp³-hybridized carbons (Fsp3) is 0.571. The Morgan fingerprint density at radius 3 is 2.76 bits per heavy atom. The Kier molecular flexibility index (Phi) is 5.08. The van der Waals surface area contributed by atoms with Gasteiger partial charge in [0.25, 0.3) is 0 Å². The number of aliphatic hydroxyl groups is 2. The molecule has 21 heavy (non-hydrogen) atoms. The predicted octanol–water partition coefficient (Wildman–Crippen LogP) is 1.51. The van der Waals surface area contributed by atoms with Crippen LogP contribution in [0.5, 0.6) is 5.75 Å². The standard InChI is InChI=1S/C14H18F3NO3/c15-14(16,17)10-2-1-3-13(6-10)21-9-12(20)8-18-5-4-11(19)7-18/h1-3,6,11-12,19-20H,4-5,7-9H2. The largest absolute Gasteiger partial charge is 0.491 e. The lowest BCUT2D eigenvalue weighted by Crippen LogP contribution is -2.34. The van der Waals surface area contributed by atoms with Gasteiger partial charge in [0.2, 0.25) is 0 Å². The molecular weight excluding hydrogens is 287 g/mol. The van der Waals surface area contributed by atoms with E-state index in [1.54, 1.807) is 0 Å². The number of β-amino-alcohol motifs (C(OH)–C–C–N with tert-alkyl or cyclic N) is 2. The first kappa shape index (κ1) is 16.1. The molecule has 0 radical (unpaired) electrons. The van der Waals surface area contributed by atoms with E-state index in [1.165, 1.54) is 12.1 Å². The second-order valence-corrected chi connectivity index (χ2v) is 5.19. The number of ether oxygens (including phenoxy) is 1. The SMILES string of the molecule is OC1CCN(CC(O)COc2cccc(C(F)(F)F)c2)C1. The van der Waals surface area contributed by atoms with E-state index in [4.69, 9.17) is 4.74 Å². The number of benzene rings is 1. The van der Waals surface area contributed by atoms with Crippen LogP contribution in [0.2, 0.25) is 0 Å². The van der Waals surface area contributed by atoms with Gasteiger partial charge in [0.1, 0.15) is 18.5 Å². The van der Waals surface area contributed by atoms with Crippen LogP contribution in [-0.2, 0) is 6.18 Å². The smallest absolute Gasteiger partial charge is 0.416 e. The average Bonchev–Trinajstić information content (AvgIpc) is 2.81. The molecule has 0 bridgehead atoms.